The molecule has 0 radical (unpaired) electrons. The number of urea groups is 1. The lowest BCUT2D eigenvalue weighted by Crippen LogP contribution is -2.62. The third-order valence-corrected chi connectivity index (χ3v) is 12.5. The van der Waals surface area contributed by atoms with Crippen LogP contribution < -0.4 is 21.3 Å². The Hall–Kier alpha value is -2.76. The highest BCUT2D eigenvalue weighted by molar-refractivity contribution is 7.85. The van der Waals surface area contributed by atoms with Gasteiger partial charge in [-0.05, 0) is 56.8 Å². The lowest BCUT2D eigenvalue weighted by Gasteiger charge is -2.37. The number of ketones is 1. The van der Waals surface area contributed by atoms with E-state index in [0.717, 1.165) is 51.4 Å². The number of unbranched alkanes of at least 4 members (excludes halogenated alkanes) is 1. The van der Waals surface area contributed by atoms with Gasteiger partial charge in [0.25, 0.3) is 5.91 Å². The second-order valence-corrected chi connectivity index (χ2v) is 18.6. The Kier molecular flexibility index (Phi) is 23.2. The van der Waals surface area contributed by atoms with Crippen LogP contribution in [0, 0.1) is 11.3 Å². The molecule has 1 aliphatic heterocycles. The smallest absolute Gasteiger partial charge is 0.315 e. The van der Waals surface area contributed by atoms with Crippen LogP contribution in [-0.4, -0.2) is 86.4 Å². The Morgan fingerprint density at radius 2 is 1.44 bits per heavy atom. The Balaban J connectivity index is 0.00000192. The molecule has 3 aliphatic rings. The number of rotatable bonds is 17. The highest BCUT2D eigenvalue weighted by atomic mass is 32.2. The molecule has 0 aromatic rings. The number of nitrogens with one attached hydrogen (secondary N) is 4. The quantitative estimate of drug-likeness (QED) is 0.0913. The second kappa shape index (κ2) is 25.4. The topological polar surface area (TPSA) is 154 Å². The van der Waals surface area contributed by atoms with Crippen molar-refractivity contribution in [2.75, 3.05) is 18.8 Å². The van der Waals surface area contributed by atoms with Crippen LogP contribution in [0.2, 0.25) is 0 Å². The Bertz CT molecular complexity index is 1210. The van der Waals surface area contributed by atoms with Gasteiger partial charge in [-0.15, -0.1) is 6.58 Å². The van der Waals surface area contributed by atoms with Crippen LogP contribution in [0.3, 0.4) is 0 Å². The average molecular weight is 780 g/mol. The number of amides is 5. The standard InChI is InChI=1S/C35H59N5O6S.C4H10.C3H8/c1-7-19-35(6,23-47(46)25-16-10-9-11-17-25)39-33(45)38-29(34(3,4)5)32(44)40-21-13-18-27(40)30(42)37-26(22-24-14-12-15-24)28(41)31(43)36-20-8-2;1-3-4-2;1-3-2/h8,24-27,29H,2,7,9-23H2,1,3-6H3,(H,36,43)(H,37,42)(H2,38,39,45);3-4H2,1-2H3;3H2,1-2H3/t26?,27-,29?,35?,47?;;/m0../s1. The van der Waals surface area contributed by atoms with Crippen LogP contribution in [0.4, 0.5) is 4.79 Å². The van der Waals surface area contributed by atoms with Crippen LogP contribution in [-0.2, 0) is 30.0 Å². The zero-order valence-electron chi connectivity index (χ0n) is 35.4. The van der Waals surface area contributed by atoms with Crippen LogP contribution >= 0.6 is 0 Å². The third kappa shape index (κ3) is 16.9. The van der Waals surface area contributed by atoms with Gasteiger partial charge in [-0.1, -0.05) is 126 Å². The molecule has 0 aromatic heterocycles. The summed E-state index contributed by atoms with van der Waals surface area (Å²) in [6, 6.07) is -3.25. The van der Waals surface area contributed by atoms with Crippen LogP contribution in [0.15, 0.2) is 12.7 Å². The van der Waals surface area contributed by atoms with Crippen molar-refractivity contribution in [3.8, 4) is 0 Å². The number of hydrogen-bond acceptors (Lipinski definition) is 6. The van der Waals surface area contributed by atoms with E-state index in [9.17, 15) is 28.2 Å². The zero-order valence-corrected chi connectivity index (χ0v) is 36.2. The Morgan fingerprint density at radius 3 is 1.94 bits per heavy atom. The molecule has 0 spiro atoms. The highest BCUT2D eigenvalue weighted by Gasteiger charge is 2.44. The molecular formula is C42H77N5O6S. The van der Waals surface area contributed by atoms with Crippen LogP contribution in [0.1, 0.15) is 165 Å². The van der Waals surface area contributed by atoms with Crippen LogP contribution in [0.25, 0.3) is 0 Å². The van der Waals surface area contributed by atoms with E-state index in [1.165, 1.54) is 36.7 Å². The van der Waals surface area contributed by atoms with Crippen molar-refractivity contribution in [2.24, 2.45) is 11.3 Å². The largest absolute Gasteiger partial charge is 0.346 e. The molecule has 3 fully saturated rings. The molecule has 0 aromatic carbocycles. The normalized spacial score (nSPS) is 20.2. The van der Waals surface area contributed by atoms with E-state index in [1.54, 1.807) is 0 Å². The van der Waals surface area contributed by atoms with Crippen molar-refractivity contribution in [1.29, 1.82) is 0 Å². The summed E-state index contributed by atoms with van der Waals surface area (Å²) in [5, 5.41) is 11.4. The van der Waals surface area contributed by atoms with Gasteiger partial charge in [-0.25, -0.2) is 4.79 Å². The first-order chi connectivity index (χ1) is 25.5. The molecule has 3 rings (SSSR count). The zero-order chi connectivity index (χ0) is 40.9. The average Bonchev–Trinajstić information content (AvgIpc) is 3.60. The van der Waals surface area contributed by atoms with Gasteiger partial charge in [0.05, 0.1) is 11.6 Å². The van der Waals surface area contributed by atoms with Gasteiger partial charge in [0.2, 0.25) is 17.6 Å². The predicted octanol–water partition coefficient (Wildman–Crippen LogP) is 7.10. The van der Waals surface area contributed by atoms with Crippen molar-refractivity contribution < 1.29 is 28.2 Å². The second-order valence-electron chi connectivity index (χ2n) is 16.8. The van der Waals surface area contributed by atoms with Crippen LogP contribution in [0.5, 0.6) is 0 Å². The fourth-order valence-electron chi connectivity index (χ4n) is 7.01. The van der Waals surface area contributed by atoms with Gasteiger partial charge >= 0.3 is 6.03 Å². The molecule has 2 saturated carbocycles. The molecule has 5 amide bonds. The first kappa shape index (κ1) is 49.3. The summed E-state index contributed by atoms with van der Waals surface area (Å²) < 4.78 is 13.3. The summed E-state index contributed by atoms with van der Waals surface area (Å²) >= 11 is 0. The first-order valence-corrected chi connectivity index (χ1v) is 22.4. The van der Waals surface area contributed by atoms with E-state index in [2.05, 4.69) is 55.5 Å². The van der Waals surface area contributed by atoms with E-state index in [1.807, 2.05) is 34.6 Å². The summed E-state index contributed by atoms with van der Waals surface area (Å²) in [5.74, 6) is -1.71. The van der Waals surface area contributed by atoms with Gasteiger partial charge < -0.3 is 26.2 Å². The van der Waals surface area contributed by atoms with Crippen molar-refractivity contribution in [3.63, 3.8) is 0 Å². The number of Topliss-reactive ketones (excluding diaryl/α,β-unsaturated/α-hetero) is 1. The monoisotopic (exact) mass is 780 g/mol. The number of carbonyl (C=O) groups excluding carboxylic acids is 5. The fraction of sp³-hybridized carbons (Fsp3) is 0.833. The van der Waals surface area contributed by atoms with Gasteiger partial charge in [-0.3, -0.25) is 23.4 Å². The minimum atomic E-state index is -1.07. The first-order valence-electron chi connectivity index (χ1n) is 21.0. The van der Waals surface area contributed by atoms with Gasteiger partial charge in [0.15, 0.2) is 0 Å². The maximum Gasteiger partial charge on any atom is 0.315 e. The summed E-state index contributed by atoms with van der Waals surface area (Å²) in [7, 11) is -1.07. The van der Waals surface area contributed by atoms with Crippen molar-refractivity contribution in [2.45, 2.75) is 194 Å². The van der Waals surface area contributed by atoms with E-state index in [4.69, 9.17) is 0 Å². The molecule has 4 N–H and O–H groups in total. The highest BCUT2D eigenvalue weighted by Crippen LogP contribution is 2.31. The predicted molar refractivity (Wildman–Crippen MR) is 221 cm³/mol. The maximum absolute atomic E-state index is 14.1. The minimum Gasteiger partial charge on any atom is -0.346 e. The van der Waals surface area contributed by atoms with Gasteiger partial charge in [0.1, 0.15) is 12.1 Å². The van der Waals surface area contributed by atoms with Crippen molar-refractivity contribution in [3.05, 3.63) is 12.7 Å². The van der Waals surface area contributed by atoms with Gasteiger partial charge in [-0.2, -0.15) is 0 Å². The maximum atomic E-state index is 14.1. The molecule has 5 atom stereocenters. The number of carbonyl (C=O) groups is 5. The lowest BCUT2D eigenvalue weighted by atomic mass is 9.80. The van der Waals surface area contributed by atoms with E-state index in [0.29, 0.717) is 38.0 Å². The molecule has 2 aliphatic carbocycles. The van der Waals surface area contributed by atoms with Crippen molar-refractivity contribution >= 4 is 40.3 Å². The molecule has 0 bridgehead atoms. The molecule has 4 unspecified atom stereocenters. The molecule has 54 heavy (non-hydrogen) atoms. The molecular weight excluding hydrogens is 703 g/mol. The SMILES string of the molecule is C=CCNC(=O)C(=O)C(CC1CCC1)NC(=O)[C@@H]1CCCN1C(=O)C(NC(=O)NC(C)(CCC)CS(=O)C1CCCCC1)C(C)(C)C.CCC.CCCC. The van der Waals surface area contributed by atoms with Gasteiger partial charge in [0, 0.05) is 34.9 Å². The van der Waals surface area contributed by atoms with Crippen molar-refractivity contribution in [1.82, 2.24) is 26.2 Å². The lowest BCUT2D eigenvalue weighted by molar-refractivity contribution is -0.144. The number of hydrogen-bond donors (Lipinski definition) is 4. The van der Waals surface area contributed by atoms with E-state index < -0.39 is 63.5 Å². The molecule has 312 valence electrons. The Morgan fingerprint density at radius 1 is 0.833 bits per heavy atom. The molecule has 12 heteroatoms. The molecule has 1 saturated heterocycles. The summed E-state index contributed by atoms with van der Waals surface area (Å²) in [6.07, 6.45) is 16.4. The van der Waals surface area contributed by atoms with E-state index in [-0.39, 0.29) is 23.6 Å². The number of nitrogens with zero attached hydrogens (tertiary/aromatic N) is 1. The summed E-state index contributed by atoms with van der Waals surface area (Å²) in [4.78, 5) is 68.3. The molecule has 11 nitrogen and oxygen atoms in total. The third-order valence-electron chi connectivity index (χ3n) is 10.4. The van der Waals surface area contributed by atoms with E-state index >= 15 is 0 Å². The number of likely N-dealkylation sites (tertiary alicyclic amines) is 1. The fourth-order valence-corrected chi connectivity index (χ4v) is 8.95. The summed E-state index contributed by atoms with van der Waals surface area (Å²) in [5.41, 5.74) is -1.39. The summed E-state index contributed by atoms with van der Waals surface area (Å²) in [6.45, 7) is 22.2. The minimum absolute atomic E-state index is 0.143. The molecule has 1 heterocycles. The Labute approximate surface area is 330 Å².